The molecule has 1 unspecified atom stereocenters. The number of carbonyl (C=O) groups excluding carboxylic acids is 2. The molecule has 1 aromatic carbocycles. The molecule has 1 aliphatic heterocycles. The molecule has 0 fully saturated rings. The Morgan fingerprint density at radius 3 is 2.45 bits per heavy atom. The van der Waals surface area contributed by atoms with Crippen LogP contribution in [0.3, 0.4) is 0 Å². The fourth-order valence-corrected chi connectivity index (χ4v) is 2.69. The van der Waals surface area contributed by atoms with Crippen LogP contribution in [0.1, 0.15) is 27.2 Å². The lowest BCUT2D eigenvalue weighted by atomic mass is 10.0. The highest BCUT2D eigenvalue weighted by Gasteiger charge is 2.37. The van der Waals surface area contributed by atoms with Crippen LogP contribution in [0, 0.1) is 5.92 Å². The first-order valence-corrected chi connectivity index (χ1v) is 7.78. The molecular formula is C17H25N3O2. The van der Waals surface area contributed by atoms with Crippen molar-refractivity contribution in [1.29, 1.82) is 0 Å². The molecule has 120 valence electrons. The van der Waals surface area contributed by atoms with Gasteiger partial charge in [-0.1, -0.05) is 26.0 Å². The predicted molar refractivity (Wildman–Crippen MR) is 89.1 cm³/mol. The topological polar surface area (TPSA) is 52.7 Å². The smallest absolute Gasteiger partial charge is 0.251 e. The Balaban J connectivity index is 2.35. The molecule has 22 heavy (non-hydrogen) atoms. The van der Waals surface area contributed by atoms with Crippen LogP contribution in [-0.4, -0.2) is 38.0 Å². The number of benzene rings is 1. The van der Waals surface area contributed by atoms with Crippen molar-refractivity contribution in [2.24, 2.45) is 5.92 Å². The summed E-state index contributed by atoms with van der Waals surface area (Å²) in [5.41, 5.74) is 1.85. The van der Waals surface area contributed by atoms with Crippen LogP contribution < -0.4 is 15.1 Å². The van der Waals surface area contributed by atoms with Crippen molar-refractivity contribution in [3.8, 4) is 0 Å². The van der Waals surface area contributed by atoms with E-state index < -0.39 is 6.04 Å². The van der Waals surface area contributed by atoms with Crippen molar-refractivity contribution in [2.45, 2.75) is 39.3 Å². The van der Waals surface area contributed by atoms with Gasteiger partial charge in [-0.05, 0) is 25.5 Å². The molecule has 0 saturated heterocycles. The zero-order valence-corrected chi connectivity index (χ0v) is 14.0. The van der Waals surface area contributed by atoms with Crippen LogP contribution in [0.2, 0.25) is 0 Å². The zero-order chi connectivity index (χ0) is 16.4. The van der Waals surface area contributed by atoms with Crippen molar-refractivity contribution in [2.75, 3.05) is 23.9 Å². The van der Waals surface area contributed by atoms with Gasteiger partial charge in [0.15, 0.2) is 0 Å². The minimum Gasteiger partial charge on any atom is -0.368 e. The highest BCUT2D eigenvalue weighted by atomic mass is 16.2. The van der Waals surface area contributed by atoms with Crippen LogP contribution >= 0.6 is 0 Å². The van der Waals surface area contributed by atoms with Gasteiger partial charge in [0, 0.05) is 20.0 Å². The third-order valence-electron chi connectivity index (χ3n) is 4.67. The van der Waals surface area contributed by atoms with Gasteiger partial charge < -0.3 is 15.1 Å². The number of anilines is 2. The molecule has 0 spiro atoms. The van der Waals surface area contributed by atoms with Crippen LogP contribution in [0.5, 0.6) is 0 Å². The maximum absolute atomic E-state index is 12.8. The predicted octanol–water partition coefficient (Wildman–Crippen LogP) is 2.02. The van der Waals surface area contributed by atoms with Crippen molar-refractivity contribution >= 4 is 23.2 Å². The molecule has 2 rings (SSSR count). The van der Waals surface area contributed by atoms with E-state index in [0.29, 0.717) is 0 Å². The Labute approximate surface area is 132 Å². The monoisotopic (exact) mass is 303 g/mol. The van der Waals surface area contributed by atoms with Gasteiger partial charge in [-0.3, -0.25) is 9.59 Å². The fourth-order valence-electron chi connectivity index (χ4n) is 2.69. The highest BCUT2D eigenvalue weighted by Crippen LogP contribution is 2.33. The molecule has 5 nitrogen and oxygen atoms in total. The number of likely N-dealkylation sites (N-methyl/N-ethyl adjacent to an activating group) is 2. The number of amides is 2. The normalized spacial score (nSPS) is 22.9. The molecule has 0 saturated carbocycles. The summed E-state index contributed by atoms with van der Waals surface area (Å²) in [6.45, 7) is 5.81. The average Bonchev–Trinajstić information content (AvgIpc) is 2.60. The van der Waals surface area contributed by atoms with Crippen molar-refractivity contribution in [3.05, 3.63) is 24.3 Å². The molecule has 0 aliphatic carbocycles. The summed E-state index contributed by atoms with van der Waals surface area (Å²) in [6, 6.07) is 7.12. The summed E-state index contributed by atoms with van der Waals surface area (Å²) in [5.74, 6) is -0.248. The lowest BCUT2D eigenvalue weighted by Gasteiger charge is -2.31. The highest BCUT2D eigenvalue weighted by molar-refractivity contribution is 6.03. The van der Waals surface area contributed by atoms with E-state index in [1.54, 1.807) is 11.9 Å². The minimum absolute atomic E-state index is 0.0690. The Bertz CT molecular complexity index is 573. The molecule has 2 amide bonds. The molecule has 3 atom stereocenters. The third kappa shape index (κ3) is 2.80. The van der Waals surface area contributed by atoms with Crippen LogP contribution in [0.4, 0.5) is 11.4 Å². The molecule has 1 aliphatic rings. The van der Waals surface area contributed by atoms with E-state index in [2.05, 4.69) is 10.2 Å². The van der Waals surface area contributed by atoms with Crippen LogP contribution in [0.25, 0.3) is 0 Å². The standard InChI is InChI=1S/C17H25N3O2/c1-6-11(2)16(21)18-15-12(3)19(4)13-9-7-8-10-14(13)20(5)17(15)22/h7-12,15H,6H2,1-5H3,(H,18,21)/t11-,12+,15?/m1/s1. The number of rotatable bonds is 3. The first-order valence-electron chi connectivity index (χ1n) is 7.78. The third-order valence-corrected chi connectivity index (χ3v) is 4.67. The summed E-state index contributed by atoms with van der Waals surface area (Å²) in [7, 11) is 3.72. The Morgan fingerprint density at radius 2 is 1.86 bits per heavy atom. The van der Waals surface area contributed by atoms with Gasteiger partial charge in [0.05, 0.1) is 17.4 Å². The van der Waals surface area contributed by atoms with Gasteiger partial charge in [-0.2, -0.15) is 0 Å². The number of hydrogen-bond donors (Lipinski definition) is 1. The maximum Gasteiger partial charge on any atom is 0.251 e. The first-order chi connectivity index (χ1) is 10.4. The second kappa shape index (κ2) is 6.38. The van der Waals surface area contributed by atoms with Crippen LogP contribution in [-0.2, 0) is 9.59 Å². The Hall–Kier alpha value is -2.04. The minimum atomic E-state index is -0.552. The van der Waals surface area contributed by atoms with E-state index in [1.165, 1.54) is 0 Å². The van der Waals surface area contributed by atoms with Gasteiger partial charge in [0.25, 0.3) is 5.91 Å². The molecule has 5 heteroatoms. The summed E-state index contributed by atoms with van der Waals surface area (Å²) in [5, 5.41) is 2.93. The van der Waals surface area contributed by atoms with Gasteiger partial charge in [0.1, 0.15) is 6.04 Å². The second-order valence-electron chi connectivity index (χ2n) is 6.03. The van der Waals surface area contributed by atoms with E-state index in [4.69, 9.17) is 0 Å². The maximum atomic E-state index is 12.8. The molecule has 1 aromatic rings. The number of nitrogens with zero attached hydrogens (tertiary/aromatic N) is 2. The van der Waals surface area contributed by atoms with Gasteiger partial charge in [-0.15, -0.1) is 0 Å². The molecule has 0 aromatic heterocycles. The average molecular weight is 303 g/mol. The number of para-hydroxylation sites is 2. The number of hydrogen-bond acceptors (Lipinski definition) is 3. The van der Waals surface area contributed by atoms with Crippen molar-refractivity contribution in [1.82, 2.24) is 5.32 Å². The lowest BCUT2D eigenvalue weighted by molar-refractivity contribution is -0.130. The summed E-state index contributed by atoms with van der Waals surface area (Å²) in [4.78, 5) is 28.7. The fraction of sp³-hybridized carbons (Fsp3) is 0.529. The van der Waals surface area contributed by atoms with E-state index >= 15 is 0 Å². The van der Waals surface area contributed by atoms with Crippen molar-refractivity contribution < 1.29 is 9.59 Å². The number of carbonyl (C=O) groups is 2. The Morgan fingerprint density at radius 1 is 1.27 bits per heavy atom. The second-order valence-corrected chi connectivity index (χ2v) is 6.03. The SMILES string of the molecule is CC[C@@H](C)C(=O)NC1C(=O)N(C)c2ccccc2N(C)[C@H]1C. The van der Waals surface area contributed by atoms with Crippen LogP contribution in [0.15, 0.2) is 24.3 Å². The van der Waals surface area contributed by atoms with E-state index in [1.807, 2.05) is 52.1 Å². The van der Waals surface area contributed by atoms with E-state index in [-0.39, 0.29) is 23.8 Å². The number of fused-ring (bicyclic) bond motifs is 1. The van der Waals surface area contributed by atoms with Gasteiger partial charge in [0.2, 0.25) is 5.91 Å². The zero-order valence-electron chi connectivity index (χ0n) is 14.0. The van der Waals surface area contributed by atoms with E-state index in [0.717, 1.165) is 17.8 Å². The first kappa shape index (κ1) is 16.3. The van der Waals surface area contributed by atoms with Gasteiger partial charge >= 0.3 is 0 Å². The van der Waals surface area contributed by atoms with E-state index in [9.17, 15) is 9.59 Å². The number of nitrogens with one attached hydrogen (secondary N) is 1. The largest absolute Gasteiger partial charge is 0.368 e. The summed E-state index contributed by atoms with van der Waals surface area (Å²) >= 11 is 0. The van der Waals surface area contributed by atoms with Crippen molar-refractivity contribution in [3.63, 3.8) is 0 Å². The summed E-state index contributed by atoms with van der Waals surface area (Å²) < 4.78 is 0. The molecule has 0 radical (unpaired) electrons. The van der Waals surface area contributed by atoms with Gasteiger partial charge in [-0.25, -0.2) is 0 Å². The Kier molecular flexibility index (Phi) is 4.74. The molecule has 1 N–H and O–H groups in total. The molecule has 0 bridgehead atoms. The molecular weight excluding hydrogens is 278 g/mol. The molecule has 1 heterocycles. The quantitative estimate of drug-likeness (QED) is 0.929. The lowest BCUT2D eigenvalue weighted by Crippen LogP contribution is -2.56. The summed E-state index contributed by atoms with van der Waals surface area (Å²) in [6.07, 6.45) is 0.757.